The van der Waals surface area contributed by atoms with E-state index in [1.165, 1.54) is 62.9 Å². The first-order chi connectivity index (χ1) is 9.24. The molecule has 0 aromatic heterocycles. The van der Waals surface area contributed by atoms with E-state index in [1.807, 2.05) is 0 Å². The van der Waals surface area contributed by atoms with E-state index in [4.69, 9.17) is 5.73 Å². The molecule has 19 heavy (non-hydrogen) atoms. The highest BCUT2D eigenvalue weighted by molar-refractivity contribution is 9.10. The molecule has 2 aliphatic rings. The van der Waals surface area contributed by atoms with Crippen LogP contribution < -0.4 is 10.6 Å². The Morgan fingerprint density at radius 3 is 2.42 bits per heavy atom. The zero-order chi connectivity index (χ0) is 13.3. The van der Waals surface area contributed by atoms with Crippen molar-refractivity contribution in [2.24, 2.45) is 11.1 Å². The molecule has 3 heteroatoms. The van der Waals surface area contributed by atoms with Gasteiger partial charge in [0.2, 0.25) is 0 Å². The molecule has 1 heterocycles. The summed E-state index contributed by atoms with van der Waals surface area (Å²) in [5.74, 6) is 0. The number of nitrogens with zero attached hydrogens (tertiary/aromatic N) is 1. The van der Waals surface area contributed by atoms with E-state index in [1.54, 1.807) is 0 Å². The second-order valence-corrected chi connectivity index (χ2v) is 6.99. The Kier molecular flexibility index (Phi) is 3.86. The van der Waals surface area contributed by atoms with Crippen LogP contribution in [0.15, 0.2) is 22.7 Å². The highest BCUT2D eigenvalue weighted by Crippen LogP contribution is 2.47. The van der Waals surface area contributed by atoms with E-state index in [2.05, 4.69) is 39.0 Å². The molecular weight excluding hydrogens is 300 g/mol. The average molecular weight is 323 g/mol. The highest BCUT2D eigenvalue weighted by atomic mass is 79.9. The number of hydrogen-bond donors (Lipinski definition) is 1. The molecule has 3 rings (SSSR count). The molecule has 0 radical (unpaired) electrons. The molecule has 1 aliphatic carbocycles. The summed E-state index contributed by atoms with van der Waals surface area (Å²) in [4.78, 5) is 2.54. The normalized spacial score (nSPS) is 22.1. The molecule has 0 unspecified atom stereocenters. The molecule has 1 aromatic rings. The van der Waals surface area contributed by atoms with Crippen LogP contribution in [0.1, 0.15) is 44.1 Å². The summed E-state index contributed by atoms with van der Waals surface area (Å²) in [6, 6.07) is 6.44. The summed E-state index contributed by atoms with van der Waals surface area (Å²) in [7, 11) is 0. The first-order valence-corrected chi connectivity index (χ1v) is 8.26. The van der Waals surface area contributed by atoms with Crippen LogP contribution in [0.3, 0.4) is 0 Å². The predicted molar refractivity (Wildman–Crippen MR) is 84.4 cm³/mol. The van der Waals surface area contributed by atoms with Gasteiger partial charge in [-0.15, -0.1) is 0 Å². The minimum Gasteiger partial charge on any atom is -0.371 e. The smallest absolute Gasteiger partial charge is 0.0423 e. The minimum atomic E-state index is 0.610. The third kappa shape index (κ3) is 2.55. The Morgan fingerprint density at radius 2 is 1.79 bits per heavy atom. The van der Waals surface area contributed by atoms with Crippen LogP contribution in [-0.2, 0) is 6.54 Å². The van der Waals surface area contributed by atoms with Gasteiger partial charge in [0.25, 0.3) is 0 Å². The maximum atomic E-state index is 5.92. The van der Waals surface area contributed by atoms with E-state index in [0.717, 1.165) is 4.47 Å². The van der Waals surface area contributed by atoms with Crippen LogP contribution in [0.4, 0.5) is 5.69 Å². The number of benzene rings is 1. The van der Waals surface area contributed by atoms with Gasteiger partial charge in [0.1, 0.15) is 0 Å². The van der Waals surface area contributed by atoms with Gasteiger partial charge in [-0.25, -0.2) is 0 Å². The summed E-state index contributed by atoms with van der Waals surface area (Å²) in [5.41, 5.74) is 9.20. The number of hydrogen-bond acceptors (Lipinski definition) is 2. The standard InChI is InChI=1S/C16H23BrN2/c17-14-4-3-5-15(13(14)12-18)19-10-8-16(9-11-19)6-1-2-7-16/h3-5H,1-2,6-12,18H2. The number of halogens is 1. The Balaban J connectivity index is 1.76. The fourth-order valence-electron chi connectivity index (χ4n) is 3.89. The number of rotatable bonds is 2. The van der Waals surface area contributed by atoms with E-state index in [9.17, 15) is 0 Å². The SMILES string of the molecule is NCc1c(Br)cccc1N1CCC2(CCCC2)CC1. The van der Waals surface area contributed by atoms with Crippen molar-refractivity contribution < 1.29 is 0 Å². The Morgan fingerprint density at radius 1 is 1.11 bits per heavy atom. The summed E-state index contributed by atoms with van der Waals surface area (Å²) in [6.07, 6.45) is 8.55. The lowest BCUT2D eigenvalue weighted by atomic mass is 9.77. The van der Waals surface area contributed by atoms with Crippen LogP contribution in [0.25, 0.3) is 0 Å². The van der Waals surface area contributed by atoms with Gasteiger partial charge in [-0.1, -0.05) is 34.8 Å². The summed E-state index contributed by atoms with van der Waals surface area (Å²) < 4.78 is 1.15. The van der Waals surface area contributed by atoms with E-state index >= 15 is 0 Å². The third-order valence-electron chi connectivity index (χ3n) is 5.13. The second-order valence-electron chi connectivity index (χ2n) is 6.14. The first-order valence-electron chi connectivity index (χ1n) is 7.47. The number of nitrogens with two attached hydrogens (primary N) is 1. The Bertz CT molecular complexity index is 442. The van der Waals surface area contributed by atoms with Crippen LogP contribution in [0, 0.1) is 5.41 Å². The maximum Gasteiger partial charge on any atom is 0.0423 e. The lowest BCUT2D eigenvalue weighted by Gasteiger charge is -2.41. The molecule has 2 nitrogen and oxygen atoms in total. The van der Waals surface area contributed by atoms with Gasteiger partial charge in [-0.3, -0.25) is 0 Å². The fourth-order valence-corrected chi connectivity index (χ4v) is 4.41. The largest absolute Gasteiger partial charge is 0.371 e. The van der Waals surface area contributed by atoms with Gasteiger partial charge in [0, 0.05) is 35.4 Å². The maximum absolute atomic E-state index is 5.92. The van der Waals surface area contributed by atoms with Gasteiger partial charge < -0.3 is 10.6 Å². The lowest BCUT2D eigenvalue weighted by Crippen LogP contribution is -2.39. The topological polar surface area (TPSA) is 29.3 Å². The van der Waals surface area contributed by atoms with Crippen molar-refractivity contribution in [3.05, 3.63) is 28.2 Å². The van der Waals surface area contributed by atoms with Gasteiger partial charge in [0.05, 0.1) is 0 Å². The van der Waals surface area contributed by atoms with Crippen molar-refractivity contribution in [3.8, 4) is 0 Å². The summed E-state index contributed by atoms with van der Waals surface area (Å²) in [5, 5.41) is 0. The van der Waals surface area contributed by atoms with Crippen molar-refractivity contribution in [1.82, 2.24) is 0 Å². The second kappa shape index (κ2) is 5.45. The van der Waals surface area contributed by atoms with Crippen molar-refractivity contribution in [1.29, 1.82) is 0 Å². The monoisotopic (exact) mass is 322 g/mol. The quantitative estimate of drug-likeness (QED) is 0.889. The molecule has 104 valence electrons. The van der Waals surface area contributed by atoms with Crippen LogP contribution in [0.5, 0.6) is 0 Å². The van der Waals surface area contributed by atoms with Crippen LogP contribution in [-0.4, -0.2) is 13.1 Å². The zero-order valence-electron chi connectivity index (χ0n) is 11.5. The Hall–Kier alpha value is -0.540. The lowest BCUT2D eigenvalue weighted by molar-refractivity contribution is 0.226. The van der Waals surface area contributed by atoms with E-state index in [-0.39, 0.29) is 0 Å². The van der Waals surface area contributed by atoms with Crippen molar-refractivity contribution in [2.75, 3.05) is 18.0 Å². The third-order valence-corrected chi connectivity index (χ3v) is 5.87. The average Bonchev–Trinajstić information content (AvgIpc) is 2.88. The first kappa shape index (κ1) is 13.4. The molecule has 2 fully saturated rings. The molecule has 1 saturated carbocycles. The van der Waals surface area contributed by atoms with Gasteiger partial charge in [-0.05, 0) is 43.2 Å². The molecule has 0 bridgehead atoms. The highest BCUT2D eigenvalue weighted by Gasteiger charge is 2.37. The molecular formula is C16H23BrN2. The number of anilines is 1. The fraction of sp³-hybridized carbons (Fsp3) is 0.625. The number of piperidine rings is 1. The summed E-state index contributed by atoms with van der Waals surface area (Å²) >= 11 is 3.63. The summed E-state index contributed by atoms with van der Waals surface area (Å²) in [6.45, 7) is 3.01. The van der Waals surface area contributed by atoms with Crippen molar-refractivity contribution in [3.63, 3.8) is 0 Å². The molecule has 0 amide bonds. The van der Waals surface area contributed by atoms with Gasteiger partial charge >= 0.3 is 0 Å². The molecule has 2 N–H and O–H groups in total. The van der Waals surface area contributed by atoms with E-state index in [0.29, 0.717) is 12.0 Å². The molecule has 1 aliphatic heterocycles. The molecule has 1 spiro atoms. The molecule has 1 aromatic carbocycles. The van der Waals surface area contributed by atoms with Crippen molar-refractivity contribution >= 4 is 21.6 Å². The Labute approximate surface area is 124 Å². The van der Waals surface area contributed by atoms with Crippen molar-refractivity contribution in [2.45, 2.75) is 45.1 Å². The zero-order valence-corrected chi connectivity index (χ0v) is 13.1. The molecule has 0 atom stereocenters. The van der Waals surface area contributed by atoms with Gasteiger partial charge in [0.15, 0.2) is 0 Å². The van der Waals surface area contributed by atoms with Gasteiger partial charge in [-0.2, -0.15) is 0 Å². The predicted octanol–water partition coefficient (Wildman–Crippen LogP) is 4.07. The minimum absolute atomic E-state index is 0.610. The van der Waals surface area contributed by atoms with E-state index < -0.39 is 0 Å². The molecule has 1 saturated heterocycles. The van der Waals surface area contributed by atoms with Crippen LogP contribution in [0.2, 0.25) is 0 Å². The van der Waals surface area contributed by atoms with Crippen LogP contribution >= 0.6 is 15.9 Å².